The maximum atomic E-state index is 11.4. The molecule has 0 saturated carbocycles. The number of carbonyl (C=O) groups excluding carboxylic acids is 2. The molecule has 1 rings (SSSR count). The summed E-state index contributed by atoms with van der Waals surface area (Å²) in [6.45, 7) is 1.75. The molecule has 1 unspecified atom stereocenters. The van der Waals surface area contributed by atoms with Crippen LogP contribution < -0.4 is 5.73 Å². The second-order valence-electron chi connectivity index (χ2n) is 3.49. The normalized spacial score (nSPS) is 21.6. The Kier molecular flexibility index (Phi) is 3.88. The molecule has 0 aromatic rings. The first-order valence-corrected chi connectivity index (χ1v) is 4.71. The standard InChI is InChI=1S/C9H16N2O3/c1-14-4-2-3-11-6-7(9(10)13)5-8(11)12/h7H,2-6H2,1H3,(H2,10,13). The van der Waals surface area contributed by atoms with Crippen molar-refractivity contribution in [2.24, 2.45) is 11.7 Å². The molecule has 0 aromatic carbocycles. The first-order chi connectivity index (χ1) is 6.65. The summed E-state index contributed by atoms with van der Waals surface area (Å²) >= 11 is 0. The highest BCUT2D eigenvalue weighted by Gasteiger charge is 2.32. The first kappa shape index (κ1) is 11.0. The minimum absolute atomic E-state index is 0.0184. The Balaban J connectivity index is 2.33. The molecule has 2 N–H and O–H groups in total. The highest BCUT2D eigenvalue weighted by atomic mass is 16.5. The monoisotopic (exact) mass is 200 g/mol. The average molecular weight is 200 g/mol. The highest BCUT2D eigenvalue weighted by Crippen LogP contribution is 2.17. The molecular formula is C9H16N2O3. The molecule has 2 amide bonds. The Morgan fingerprint density at radius 3 is 2.93 bits per heavy atom. The topological polar surface area (TPSA) is 72.6 Å². The van der Waals surface area contributed by atoms with E-state index in [1.807, 2.05) is 0 Å². The summed E-state index contributed by atoms with van der Waals surface area (Å²) in [4.78, 5) is 23.9. The lowest BCUT2D eigenvalue weighted by Crippen LogP contribution is -2.29. The number of methoxy groups -OCH3 is 1. The van der Waals surface area contributed by atoms with Gasteiger partial charge >= 0.3 is 0 Å². The summed E-state index contributed by atoms with van der Waals surface area (Å²) in [5, 5.41) is 0. The molecule has 0 aliphatic carbocycles. The van der Waals surface area contributed by atoms with E-state index in [9.17, 15) is 9.59 Å². The number of nitrogens with zero attached hydrogens (tertiary/aromatic N) is 1. The van der Waals surface area contributed by atoms with Crippen LogP contribution in [0.2, 0.25) is 0 Å². The van der Waals surface area contributed by atoms with Gasteiger partial charge in [0.05, 0.1) is 5.92 Å². The van der Waals surface area contributed by atoms with Gasteiger partial charge in [-0.1, -0.05) is 0 Å². The SMILES string of the molecule is COCCCN1CC(C(N)=O)CC1=O. The fraction of sp³-hybridized carbons (Fsp3) is 0.778. The Bertz CT molecular complexity index is 230. The lowest BCUT2D eigenvalue weighted by molar-refractivity contribution is -0.128. The largest absolute Gasteiger partial charge is 0.385 e. The van der Waals surface area contributed by atoms with Crippen molar-refractivity contribution in [3.63, 3.8) is 0 Å². The van der Waals surface area contributed by atoms with E-state index >= 15 is 0 Å². The lowest BCUT2D eigenvalue weighted by Gasteiger charge is -2.15. The van der Waals surface area contributed by atoms with Gasteiger partial charge in [-0.15, -0.1) is 0 Å². The summed E-state index contributed by atoms with van der Waals surface area (Å²) in [5.41, 5.74) is 5.13. The van der Waals surface area contributed by atoms with Crippen molar-refractivity contribution in [2.75, 3.05) is 26.8 Å². The van der Waals surface area contributed by atoms with Crippen LogP contribution in [-0.2, 0) is 14.3 Å². The number of hydrogen-bond acceptors (Lipinski definition) is 3. The number of nitrogens with two attached hydrogens (primary N) is 1. The third kappa shape index (κ3) is 2.70. The Morgan fingerprint density at radius 2 is 2.43 bits per heavy atom. The summed E-state index contributed by atoms with van der Waals surface area (Å²) < 4.78 is 4.88. The van der Waals surface area contributed by atoms with Crippen LogP contribution in [0.4, 0.5) is 0 Å². The maximum absolute atomic E-state index is 11.4. The molecule has 0 spiro atoms. The fourth-order valence-electron chi connectivity index (χ4n) is 1.58. The smallest absolute Gasteiger partial charge is 0.223 e. The van der Waals surface area contributed by atoms with Gasteiger partial charge < -0.3 is 15.4 Å². The molecule has 1 heterocycles. The van der Waals surface area contributed by atoms with Crippen LogP contribution in [0.1, 0.15) is 12.8 Å². The van der Waals surface area contributed by atoms with Crippen LogP contribution in [0.5, 0.6) is 0 Å². The van der Waals surface area contributed by atoms with Crippen LogP contribution >= 0.6 is 0 Å². The molecule has 1 atom stereocenters. The van der Waals surface area contributed by atoms with Gasteiger partial charge in [-0.2, -0.15) is 0 Å². The fourth-order valence-corrected chi connectivity index (χ4v) is 1.58. The van der Waals surface area contributed by atoms with Crippen molar-refractivity contribution in [3.8, 4) is 0 Å². The molecule has 1 aliphatic heterocycles. The van der Waals surface area contributed by atoms with E-state index in [-0.39, 0.29) is 24.2 Å². The van der Waals surface area contributed by atoms with E-state index in [0.717, 1.165) is 6.42 Å². The average Bonchev–Trinajstić information content (AvgIpc) is 2.49. The van der Waals surface area contributed by atoms with E-state index in [1.165, 1.54) is 0 Å². The number of rotatable bonds is 5. The van der Waals surface area contributed by atoms with Crippen molar-refractivity contribution < 1.29 is 14.3 Å². The Labute approximate surface area is 83.2 Å². The summed E-state index contributed by atoms with van der Waals surface area (Å²) in [6.07, 6.45) is 1.07. The van der Waals surface area contributed by atoms with Gasteiger partial charge in [0.1, 0.15) is 0 Å². The zero-order chi connectivity index (χ0) is 10.6. The second kappa shape index (κ2) is 4.95. The van der Waals surface area contributed by atoms with Gasteiger partial charge in [0, 0.05) is 33.2 Å². The van der Waals surface area contributed by atoms with Crippen LogP contribution in [-0.4, -0.2) is 43.5 Å². The summed E-state index contributed by atoms with van der Waals surface area (Å²) in [7, 11) is 1.62. The molecule has 14 heavy (non-hydrogen) atoms. The molecule has 0 radical (unpaired) electrons. The van der Waals surface area contributed by atoms with E-state index in [4.69, 9.17) is 10.5 Å². The van der Waals surface area contributed by atoms with Crippen LogP contribution in [0.3, 0.4) is 0 Å². The number of likely N-dealkylation sites (tertiary alicyclic amines) is 1. The van der Waals surface area contributed by atoms with Crippen molar-refractivity contribution in [1.29, 1.82) is 0 Å². The van der Waals surface area contributed by atoms with E-state index in [2.05, 4.69) is 0 Å². The third-order valence-corrected chi connectivity index (χ3v) is 2.39. The molecule has 5 heteroatoms. The lowest BCUT2D eigenvalue weighted by atomic mass is 10.1. The van der Waals surface area contributed by atoms with Gasteiger partial charge in [-0.3, -0.25) is 9.59 Å². The van der Waals surface area contributed by atoms with Crippen molar-refractivity contribution in [3.05, 3.63) is 0 Å². The van der Waals surface area contributed by atoms with E-state index < -0.39 is 0 Å². The molecular weight excluding hydrogens is 184 g/mol. The molecule has 5 nitrogen and oxygen atoms in total. The van der Waals surface area contributed by atoms with Crippen molar-refractivity contribution in [2.45, 2.75) is 12.8 Å². The maximum Gasteiger partial charge on any atom is 0.223 e. The molecule has 1 aliphatic rings. The second-order valence-corrected chi connectivity index (χ2v) is 3.49. The van der Waals surface area contributed by atoms with Gasteiger partial charge in [0.25, 0.3) is 0 Å². The highest BCUT2D eigenvalue weighted by molar-refractivity contribution is 5.88. The predicted octanol–water partition coefficient (Wildman–Crippen LogP) is -0.643. The Morgan fingerprint density at radius 1 is 1.71 bits per heavy atom. The number of carbonyl (C=O) groups is 2. The minimum atomic E-state index is -0.382. The zero-order valence-electron chi connectivity index (χ0n) is 8.36. The molecule has 1 fully saturated rings. The van der Waals surface area contributed by atoms with Crippen molar-refractivity contribution in [1.82, 2.24) is 4.90 Å². The van der Waals surface area contributed by atoms with Crippen molar-refractivity contribution >= 4 is 11.8 Å². The molecule has 0 aromatic heterocycles. The van der Waals surface area contributed by atoms with Crippen LogP contribution in [0.15, 0.2) is 0 Å². The Hall–Kier alpha value is -1.10. The predicted molar refractivity (Wildman–Crippen MR) is 50.4 cm³/mol. The van der Waals surface area contributed by atoms with E-state index in [1.54, 1.807) is 12.0 Å². The summed E-state index contributed by atoms with van der Waals surface area (Å²) in [5.74, 6) is -0.664. The number of primary amides is 1. The van der Waals surface area contributed by atoms with Gasteiger partial charge in [-0.25, -0.2) is 0 Å². The van der Waals surface area contributed by atoms with Crippen LogP contribution in [0.25, 0.3) is 0 Å². The van der Waals surface area contributed by atoms with E-state index in [0.29, 0.717) is 19.7 Å². The van der Waals surface area contributed by atoms with Gasteiger partial charge in [0.2, 0.25) is 11.8 Å². The number of hydrogen-bond donors (Lipinski definition) is 1. The first-order valence-electron chi connectivity index (χ1n) is 4.71. The zero-order valence-corrected chi connectivity index (χ0v) is 8.36. The quantitative estimate of drug-likeness (QED) is 0.600. The number of ether oxygens (including phenoxy) is 1. The molecule has 80 valence electrons. The van der Waals surface area contributed by atoms with Gasteiger partial charge in [-0.05, 0) is 6.42 Å². The molecule has 0 bridgehead atoms. The van der Waals surface area contributed by atoms with Crippen LogP contribution in [0, 0.1) is 5.92 Å². The number of amides is 2. The van der Waals surface area contributed by atoms with Gasteiger partial charge in [0.15, 0.2) is 0 Å². The molecule has 1 saturated heterocycles. The minimum Gasteiger partial charge on any atom is -0.385 e. The summed E-state index contributed by atoms with van der Waals surface area (Å²) in [6, 6.07) is 0. The third-order valence-electron chi connectivity index (χ3n) is 2.39.